The molecule has 0 atom stereocenters. The topological polar surface area (TPSA) is 38.1 Å². The Balaban J connectivity index is 2.23. The molecule has 0 fully saturated rings. The van der Waals surface area contributed by atoms with Crippen LogP contribution in [0.4, 0.5) is 4.39 Å². The molecule has 1 aromatic carbocycles. The van der Waals surface area contributed by atoms with E-state index in [1.54, 1.807) is 12.1 Å². The highest BCUT2D eigenvalue weighted by Crippen LogP contribution is 2.31. The van der Waals surface area contributed by atoms with Crippen LogP contribution in [-0.4, -0.2) is 11.5 Å². The molecule has 5 heteroatoms. The van der Waals surface area contributed by atoms with E-state index in [9.17, 15) is 4.39 Å². The van der Waals surface area contributed by atoms with Crippen LogP contribution in [-0.2, 0) is 6.54 Å². The Morgan fingerprint density at radius 3 is 2.79 bits per heavy atom. The molecule has 0 radical (unpaired) electrons. The van der Waals surface area contributed by atoms with Crippen molar-refractivity contribution in [1.29, 1.82) is 0 Å². The van der Waals surface area contributed by atoms with Crippen LogP contribution in [0.2, 0.25) is 0 Å². The van der Waals surface area contributed by atoms with Gasteiger partial charge in [-0.1, -0.05) is 6.92 Å². The van der Waals surface area contributed by atoms with Gasteiger partial charge in [-0.05, 0) is 55.9 Å². The van der Waals surface area contributed by atoms with Crippen molar-refractivity contribution in [3.8, 4) is 0 Å². The highest BCUT2D eigenvalue weighted by atomic mass is 32.2. The third-order valence-corrected chi connectivity index (χ3v) is 3.76. The SMILES string of the molecule is CCNCc1cc(F)ccc1Sc1nc(C)c(C)o1. The lowest BCUT2D eigenvalue weighted by atomic mass is 10.2. The van der Waals surface area contributed by atoms with Crippen molar-refractivity contribution in [1.82, 2.24) is 10.3 Å². The zero-order valence-corrected chi connectivity index (χ0v) is 12.1. The van der Waals surface area contributed by atoms with E-state index in [-0.39, 0.29) is 5.82 Å². The molecule has 0 aliphatic carbocycles. The minimum atomic E-state index is -0.225. The largest absolute Gasteiger partial charge is 0.436 e. The summed E-state index contributed by atoms with van der Waals surface area (Å²) in [5, 5.41) is 3.80. The first-order valence-electron chi connectivity index (χ1n) is 6.21. The highest BCUT2D eigenvalue weighted by molar-refractivity contribution is 7.99. The molecular formula is C14H17FN2OS. The minimum Gasteiger partial charge on any atom is -0.436 e. The van der Waals surface area contributed by atoms with E-state index in [4.69, 9.17) is 4.42 Å². The molecule has 0 bridgehead atoms. The summed E-state index contributed by atoms with van der Waals surface area (Å²) in [4.78, 5) is 5.29. The minimum absolute atomic E-state index is 0.225. The normalized spacial score (nSPS) is 10.9. The van der Waals surface area contributed by atoms with Gasteiger partial charge >= 0.3 is 0 Å². The number of nitrogens with zero attached hydrogens (tertiary/aromatic N) is 1. The predicted molar refractivity (Wildman–Crippen MR) is 73.9 cm³/mol. The van der Waals surface area contributed by atoms with E-state index in [1.165, 1.54) is 17.8 Å². The Hall–Kier alpha value is -1.33. The molecule has 0 amide bonds. The van der Waals surface area contributed by atoms with Crippen LogP contribution < -0.4 is 5.32 Å². The van der Waals surface area contributed by atoms with E-state index in [0.29, 0.717) is 11.8 Å². The molecule has 1 aromatic heterocycles. The number of hydrogen-bond donors (Lipinski definition) is 1. The van der Waals surface area contributed by atoms with Gasteiger partial charge in [-0.2, -0.15) is 0 Å². The maximum Gasteiger partial charge on any atom is 0.261 e. The Kier molecular flexibility index (Phi) is 4.61. The summed E-state index contributed by atoms with van der Waals surface area (Å²) in [6.45, 7) is 7.30. The van der Waals surface area contributed by atoms with Crippen LogP contribution in [0.3, 0.4) is 0 Å². The number of aryl methyl sites for hydroxylation is 2. The van der Waals surface area contributed by atoms with Crippen LogP contribution >= 0.6 is 11.8 Å². The second-order valence-corrected chi connectivity index (χ2v) is 5.25. The summed E-state index contributed by atoms with van der Waals surface area (Å²) in [7, 11) is 0. The van der Waals surface area contributed by atoms with Gasteiger partial charge in [0.1, 0.15) is 11.6 Å². The van der Waals surface area contributed by atoms with E-state index in [0.717, 1.165) is 28.5 Å². The standard InChI is InChI=1S/C14H17FN2OS/c1-4-16-8-11-7-12(15)5-6-13(11)19-14-17-9(2)10(3)18-14/h5-7,16H,4,8H2,1-3H3. The van der Waals surface area contributed by atoms with Gasteiger partial charge in [-0.3, -0.25) is 0 Å². The summed E-state index contributed by atoms with van der Waals surface area (Å²) in [5.74, 6) is 0.592. The molecule has 1 heterocycles. The second-order valence-electron chi connectivity index (χ2n) is 4.26. The van der Waals surface area contributed by atoms with Gasteiger partial charge in [-0.15, -0.1) is 0 Å². The maximum absolute atomic E-state index is 13.3. The fourth-order valence-electron chi connectivity index (χ4n) is 1.63. The average Bonchev–Trinajstić information content (AvgIpc) is 2.68. The first kappa shape index (κ1) is 14.1. The van der Waals surface area contributed by atoms with Gasteiger partial charge in [0.15, 0.2) is 0 Å². The Morgan fingerprint density at radius 2 is 2.16 bits per heavy atom. The van der Waals surface area contributed by atoms with Crippen molar-refractivity contribution in [2.75, 3.05) is 6.54 Å². The predicted octanol–water partition coefficient (Wildman–Crippen LogP) is 3.69. The monoisotopic (exact) mass is 280 g/mol. The molecule has 0 spiro atoms. The van der Waals surface area contributed by atoms with Crippen LogP contribution in [0, 0.1) is 19.7 Å². The lowest BCUT2D eigenvalue weighted by Gasteiger charge is -2.08. The number of benzene rings is 1. The molecule has 0 aliphatic rings. The van der Waals surface area contributed by atoms with Crippen molar-refractivity contribution in [3.05, 3.63) is 41.0 Å². The lowest BCUT2D eigenvalue weighted by molar-refractivity contribution is 0.431. The number of oxazole rings is 1. The third-order valence-electron chi connectivity index (χ3n) is 2.79. The van der Waals surface area contributed by atoms with Gasteiger partial charge in [0.05, 0.1) is 5.69 Å². The third kappa shape index (κ3) is 3.58. The van der Waals surface area contributed by atoms with E-state index in [1.807, 2.05) is 20.8 Å². The quantitative estimate of drug-likeness (QED) is 0.906. The van der Waals surface area contributed by atoms with Crippen molar-refractivity contribution in [3.63, 3.8) is 0 Å². The summed E-state index contributed by atoms with van der Waals surface area (Å²) in [6.07, 6.45) is 0. The van der Waals surface area contributed by atoms with E-state index in [2.05, 4.69) is 10.3 Å². The molecule has 2 aromatic rings. The van der Waals surface area contributed by atoms with Gasteiger partial charge in [0.25, 0.3) is 5.22 Å². The second kappa shape index (κ2) is 6.21. The number of rotatable bonds is 5. The Labute approximate surface area is 116 Å². The molecule has 0 aliphatic heterocycles. The highest BCUT2D eigenvalue weighted by Gasteiger charge is 2.11. The molecular weight excluding hydrogens is 263 g/mol. The fourth-order valence-corrected chi connectivity index (χ4v) is 2.56. The first-order valence-corrected chi connectivity index (χ1v) is 7.02. The van der Waals surface area contributed by atoms with Gasteiger partial charge < -0.3 is 9.73 Å². The van der Waals surface area contributed by atoms with E-state index >= 15 is 0 Å². The summed E-state index contributed by atoms with van der Waals surface area (Å²) < 4.78 is 18.9. The van der Waals surface area contributed by atoms with Gasteiger partial charge in [0, 0.05) is 11.4 Å². The summed E-state index contributed by atoms with van der Waals surface area (Å²) >= 11 is 1.42. The van der Waals surface area contributed by atoms with Crippen molar-refractivity contribution < 1.29 is 8.81 Å². The van der Waals surface area contributed by atoms with Crippen molar-refractivity contribution in [2.45, 2.75) is 37.4 Å². The van der Waals surface area contributed by atoms with Crippen LogP contribution in [0.5, 0.6) is 0 Å². The molecule has 3 nitrogen and oxygen atoms in total. The fraction of sp³-hybridized carbons (Fsp3) is 0.357. The van der Waals surface area contributed by atoms with Crippen LogP contribution in [0.15, 0.2) is 32.7 Å². The zero-order valence-electron chi connectivity index (χ0n) is 11.3. The number of nitrogens with one attached hydrogen (secondary N) is 1. The number of halogens is 1. The van der Waals surface area contributed by atoms with Crippen molar-refractivity contribution in [2.24, 2.45) is 0 Å². The smallest absolute Gasteiger partial charge is 0.261 e. The molecule has 102 valence electrons. The maximum atomic E-state index is 13.3. The van der Waals surface area contributed by atoms with E-state index < -0.39 is 0 Å². The molecule has 2 rings (SSSR count). The Bertz CT molecular complexity index is 549. The molecule has 0 saturated carbocycles. The molecule has 19 heavy (non-hydrogen) atoms. The Morgan fingerprint density at radius 1 is 1.37 bits per heavy atom. The number of hydrogen-bond acceptors (Lipinski definition) is 4. The molecule has 0 unspecified atom stereocenters. The first-order chi connectivity index (χ1) is 9.10. The summed E-state index contributed by atoms with van der Waals surface area (Å²) in [5.41, 5.74) is 1.80. The van der Waals surface area contributed by atoms with Crippen LogP contribution in [0.1, 0.15) is 23.9 Å². The average molecular weight is 280 g/mol. The van der Waals surface area contributed by atoms with Gasteiger partial charge in [0.2, 0.25) is 0 Å². The van der Waals surface area contributed by atoms with Crippen molar-refractivity contribution >= 4 is 11.8 Å². The van der Waals surface area contributed by atoms with Crippen LogP contribution in [0.25, 0.3) is 0 Å². The number of aromatic nitrogens is 1. The lowest BCUT2D eigenvalue weighted by Crippen LogP contribution is -2.12. The zero-order chi connectivity index (χ0) is 13.8. The molecule has 0 saturated heterocycles. The molecule has 1 N–H and O–H groups in total. The summed E-state index contributed by atoms with van der Waals surface area (Å²) in [6, 6.07) is 4.77. The van der Waals surface area contributed by atoms with Gasteiger partial charge in [-0.25, -0.2) is 9.37 Å².